The number of allylic oxidation sites excluding steroid dienone is 2. The normalized spacial score (nSPS) is 42.4. The summed E-state index contributed by atoms with van der Waals surface area (Å²) < 4.78 is 5.23. The predicted octanol–water partition coefficient (Wildman–Crippen LogP) is 3.50. The highest BCUT2D eigenvalue weighted by Crippen LogP contribution is 2.74. The first-order chi connectivity index (χ1) is 18.1. The Morgan fingerprint density at radius 3 is 2.23 bits per heavy atom. The van der Waals surface area contributed by atoms with E-state index < -0.39 is 62.7 Å². The number of hydrogen-bond donors (Lipinski definition) is 3. The van der Waals surface area contributed by atoms with Gasteiger partial charge in [0.2, 0.25) is 0 Å². The molecule has 0 radical (unpaired) electrons. The molecule has 4 rings (SSSR count). The van der Waals surface area contributed by atoms with E-state index in [9.17, 15) is 34.5 Å². The van der Waals surface area contributed by atoms with E-state index in [1.165, 1.54) is 26.0 Å². The first-order valence-corrected chi connectivity index (χ1v) is 14.4. The molecule has 0 saturated heterocycles. The third-order valence-electron chi connectivity index (χ3n) is 11.5. The highest BCUT2D eigenvalue weighted by Gasteiger charge is 2.74. The van der Waals surface area contributed by atoms with Gasteiger partial charge in [-0.1, -0.05) is 32.4 Å². The molecule has 8 heteroatoms. The van der Waals surface area contributed by atoms with Gasteiger partial charge in [0.05, 0.1) is 6.10 Å². The van der Waals surface area contributed by atoms with Gasteiger partial charge in [-0.15, -0.1) is 0 Å². The number of ketones is 3. The lowest BCUT2D eigenvalue weighted by molar-refractivity contribution is -0.183. The summed E-state index contributed by atoms with van der Waals surface area (Å²) in [4.78, 5) is 52.1. The van der Waals surface area contributed by atoms with Crippen LogP contribution in [0.5, 0.6) is 0 Å². The highest BCUT2D eigenvalue weighted by atomic mass is 16.6. The molecule has 4 aliphatic rings. The first-order valence-electron chi connectivity index (χ1n) is 14.4. The van der Waals surface area contributed by atoms with Crippen LogP contribution in [0.25, 0.3) is 0 Å². The van der Waals surface area contributed by atoms with E-state index in [1.54, 1.807) is 13.8 Å². The molecular weight excluding hydrogens is 512 g/mol. The largest absolute Gasteiger partial charge is 0.456 e. The zero-order valence-corrected chi connectivity index (χ0v) is 25.3. The van der Waals surface area contributed by atoms with Crippen molar-refractivity contribution in [3.05, 3.63) is 23.8 Å². The van der Waals surface area contributed by atoms with Gasteiger partial charge in [0, 0.05) is 30.1 Å². The summed E-state index contributed by atoms with van der Waals surface area (Å²) in [5.41, 5.74) is -5.43. The molecule has 40 heavy (non-hydrogen) atoms. The summed E-state index contributed by atoms with van der Waals surface area (Å²) in [5, 5.41) is 34.0. The lowest BCUT2D eigenvalue weighted by atomic mass is 9.38. The summed E-state index contributed by atoms with van der Waals surface area (Å²) in [6.45, 7) is 15.4. The molecule has 0 amide bonds. The van der Waals surface area contributed by atoms with Crippen molar-refractivity contribution in [1.29, 1.82) is 0 Å². The molecule has 222 valence electrons. The standard InChI is InChI=1S/C32H46O8/c1-17(33)40-27(2,3)13-12-23(36)32(9,39)25-21(35)15-29(6)22-11-10-18-19(14-20(34)26(38)28(18,4)5)31(22,8)24(37)16-30(25,29)7/h10,12-13,19-22,25,34-35,39H,11,14-16H2,1-9H3/b13-12+/t19-,20-,21+,22+,25-,29-,30+,31-,32-/m0/s1. The Morgan fingerprint density at radius 2 is 1.65 bits per heavy atom. The summed E-state index contributed by atoms with van der Waals surface area (Å²) in [7, 11) is 0. The molecule has 3 N–H and O–H groups in total. The smallest absolute Gasteiger partial charge is 0.303 e. The molecule has 0 aromatic carbocycles. The summed E-state index contributed by atoms with van der Waals surface area (Å²) >= 11 is 0. The number of rotatable bonds is 5. The van der Waals surface area contributed by atoms with Crippen molar-refractivity contribution in [3.8, 4) is 0 Å². The number of aliphatic hydroxyl groups excluding tert-OH is 2. The van der Waals surface area contributed by atoms with Crippen LogP contribution in [0.1, 0.15) is 88.0 Å². The van der Waals surface area contributed by atoms with E-state index in [2.05, 4.69) is 13.0 Å². The van der Waals surface area contributed by atoms with Crippen LogP contribution in [0, 0.1) is 39.4 Å². The van der Waals surface area contributed by atoms with Crippen LogP contribution in [0.3, 0.4) is 0 Å². The lowest BCUT2D eigenvalue weighted by Crippen LogP contribution is -2.65. The number of esters is 1. The Hall–Kier alpha value is -2.16. The van der Waals surface area contributed by atoms with Crippen LogP contribution in [-0.2, 0) is 23.9 Å². The maximum atomic E-state index is 14.3. The van der Waals surface area contributed by atoms with Crippen molar-refractivity contribution >= 4 is 23.3 Å². The molecule has 9 atom stereocenters. The van der Waals surface area contributed by atoms with Crippen LogP contribution in [0.4, 0.5) is 0 Å². The zero-order valence-electron chi connectivity index (χ0n) is 25.3. The second kappa shape index (κ2) is 9.17. The maximum absolute atomic E-state index is 14.3. The van der Waals surface area contributed by atoms with Crippen LogP contribution in [-0.4, -0.2) is 62.0 Å². The summed E-state index contributed by atoms with van der Waals surface area (Å²) in [6, 6.07) is 0. The van der Waals surface area contributed by atoms with Crippen LogP contribution in [0.2, 0.25) is 0 Å². The molecule has 0 bridgehead atoms. The van der Waals surface area contributed by atoms with E-state index >= 15 is 0 Å². The van der Waals surface area contributed by atoms with Crippen molar-refractivity contribution in [2.45, 2.75) is 111 Å². The van der Waals surface area contributed by atoms with Gasteiger partial charge in [0.1, 0.15) is 23.1 Å². The molecule has 3 saturated carbocycles. The molecule has 0 aliphatic heterocycles. The Bertz CT molecular complexity index is 1210. The van der Waals surface area contributed by atoms with Gasteiger partial charge in [0.25, 0.3) is 0 Å². The number of carbonyl (C=O) groups is 4. The Kier molecular flexibility index (Phi) is 7.06. The molecule has 0 spiro atoms. The van der Waals surface area contributed by atoms with E-state index in [1.807, 2.05) is 27.7 Å². The van der Waals surface area contributed by atoms with Crippen LogP contribution in [0.15, 0.2) is 23.8 Å². The van der Waals surface area contributed by atoms with Crippen molar-refractivity contribution in [2.24, 2.45) is 39.4 Å². The second-order valence-electron chi connectivity index (χ2n) is 14.8. The molecule has 0 aromatic heterocycles. The Balaban J connectivity index is 1.75. The van der Waals surface area contributed by atoms with Crippen LogP contribution >= 0.6 is 0 Å². The topological polar surface area (TPSA) is 138 Å². The van der Waals surface area contributed by atoms with Crippen LogP contribution < -0.4 is 0 Å². The van der Waals surface area contributed by atoms with Gasteiger partial charge in [-0.3, -0.25) is 19.2 Å². The van der Waals surface area contributed by atoms with Gasteiger partial charge in [-0.25, -0.2) is 0 Å². The minimum Gasteiger partial charge on any atom is -0.456 e. The molecule has 0 heterocycles. The van der Waals surface area contributed by atoms with E-state index in [-0.39, 0.29) is 36.2 Å². The van der Waals surface area contributed by atoms with Gasteiger partial charge in [-0.05, 0) is 88.7 Å². The molecular formula is C32H46O8. The summed E-state index contributed by atoms with van der Waals surface area (Å²) in [5.74, 6) is -2.85. The van der Waals surface area contributed by atoms with Gasteiger partial charge in [0.15, 0.2) is 11.6 Å². The quantitative estimate of drug-likeness (QED) is 0.265. The third kappa shape index (κ3) is 4.11. The minimum absolute atomic E-state index is 0.0284. The number of aliphatic hydroxyl groups is 3. The summed E-state index contributed by atoms with van der Waals surface area (Å²) in [6.07, 6.45) is 3.55. The second-order valence-corrected chi connectivity index (χ2v) is 14.8. The van der Waals surface area contributed by atoms with E-state index in [0.29, 0.717) is 12.8 Å². The SMILES string of the molecule is CC(=O)OC(C)(C)/C=C/C(=O)[C@](C)(O)[C@H]1[C@H](O)C[C@@]2(C)[C@H]3CC=C4[C@H](C[C@H](O)C(=O)C4(C)C)[C@]3(C)C(=O)C[C@]12C. The average molecular weight is 559 g/mol. The number of hydrogen-bond acceptors (Lipinski definition) is 8. The molecule has 3 fully saturated rings. The molecule has 4 aliphatic carbocycles. The number of ether oxygens (including phenoxy) is 1. The van der Waals surface area contributed by atoms with Gasteiger partial charge >= 0.3 is 5.97 Å². The maximum Gasteiger partial charge on any atom is 0.303 e. The van der Waals surface area contributed by atoms with Crippen molar-refractivity contribution in [3.63, 3.8) is 0 Å². The van der Waals surface area contributed by atoms with Gasteiger partial charge < -0.3 is 20.1 Å². The van der Waals surface area contributed by atoms with Crippen molar-refractivity contribution in [2.75, 3.05) is 0 Å². The Morgan fingerprint density at radius 1 is 1.05 bits per heavy atom. The molecule has 8 nitrogen and oxygen atoms in total. The first kappa shape index (κ1) is 30.8. The zero-order chi connectivity index (χ0) is 30.4. The van der Waals surface area contributed by atoms with E-state index in [0.717, 1.165) is 5.57 Å². The highest BCUT2D eigenvalue weighted by molar-refractivity contribution is 5.98. The van der Waals surface area contributed by atoms with Gasteiger partial charge in [-0.2, -0.15) is 0 Å². The fraction of sp³-hybridized carbons (Fsp3) is 0.750. The third-order valence-corrected chi connectivity index (χ3v) is 11.5. The monoisotopic (exact) mass is 558 g/mol. The molecule has 0 unspecified atom stereocenters. The van der Waals surface area contributed by atoms with Crippen molar-refractivity contribution in [1.82, 2.24) is 0 Å². The minimum atomic E-state index is -1.99. The van der Waals surface area contributed by atoms with E-state index in [4.69, 9.17) is 4.74 Å². The fourth-order valence-corrected chi connectivity index (χ4v) is 9.40. The van der Waals surface area contributed by atoms with Crippen molar-refractivity contribution < 1.29 is 39.2 Å². The predicted molar refractivity (Wildman–Crippen MR) is 148 cm³/mol. The number of fused-ring (bicyclic) bond motifs is 5. The lowest BCUT2D eigenvalue weighted by Gasteiger charge is -2.64. The average Bonchev–Trinajstić information content (AvgIpc) is 3.01. The molecule has 0 aromatic rings. The number of carbonyl (C=O) groups excluding carboxylic acids is 4. The Labute approximate surface area is 237 Å². The fourth-order valence-electron chi connectivity index (χ4n) is 9.40. The number of Topliss-reactive ketones (excluding diaryl/α,β-unsaturated/α-hetero) is 2.